The van der Waals surface area contributed by atoms with Crippen molar-refractivity contribution in [2.24, 2.45) is 10.7 Å². The van der Waals surface area contributed by atoms with Crippen LogP contribution in [-0.2, 0) is 16.1 Å². The van der Waals surface area contributed by atoms with Crippen molar-refractivity contribution >= 4 is 23.2 Å². The number of nitrogens with two attached hydrogens (primary N) is 1. The Balaban J connectivity index is 1.79. The molecule has 0 amide bonds. The van der Waals surface area contributed by atoms with Gasteiger partial charge in [0.05, 0.1) is 36.7 Å². The highest BCUT2D eigenvalue weighted by Gasteiger charge is 2.13. The number of aliphatic imine (C=N–C) groups is 1. The molecule has 9 nitrogen and oxygen atoms in total. The summed E-state index contributed by atoms with van der Waals surface area (Å²) in [7, 11) is 0. The second-order valence-electron chi connectivity index (χ2n) is 7.38. The minimum absolute atomic E-state index is 0.0238. The maximum Gasteiger partial charge on any atom is 0.307 e. The van der Waals surface area contributed by atoms with Gasteiger partial charge < -0.3 is 20.3 Å². The van der Waals surface area contributed by atoms with Crippen molar-refractivity contribution < 1.29 is 22.8 Å². The summed E-state index contributed by atoms with van der Waals surface area (Å²) in [6.45, 7) is 3.62. The number of nitrogens with one attached hydrogen (secondary N) is 1. The zero-order valence-electron chi connectivity index (χ0n) is 18.7. The Bertz CT molecular complexity index is 1180. The molecule has 3 N–H and O–H groups in total. The van der Waals surface area contributed by atoms with Crippen LogP contribution >= 0.6 is 0 Å². The molecule has 2 aromatic heterocycles. The highest BCUT2D eigenvalue weighted by atomic mass is 19.1. The van der Waals surface area contributed by atoms with E-state index in [0.29, 0.717) is 17.0 Å². The van der Waals surface area contributed by atoms with Crippen LogP contribution in [0.2, 0.25) is 0 Å². The number of carbonyl (C=O) groups is 1. The first kappa shape index (κ1) is 24.5. The number of esters is 1. The van der Waals surface area contributed by atoms with E-state index in [1.807, 2.05) is 0 Å². The number of benzene rings is 1. The highest BCUT2D eigenvalue weighted by Crippen LogP contribution is 2.15. The van der Waals surface area contributed by atoms with Crippen LogP contribution < -0.4 is 11.1 Å². The predicted molar refractivity (Wildman–Crippen MR) is 122 cm³/mol. The normalized spacial score (nSPS) is 12.1. The Morgan fingerprint density at radius 2 is 2.06 bits per heavy atom. The molecule has 0 aliphatic carbocycles. The van der Waals surface area contributed by atoms with Crippen molar-refractivity contribution in [1.29, 1.82) is 0 Å². The maximum absolute atomic E-state index is 14.2. The first-order valence-corrected chi connectivity index (χ1v) is 10.5. The largest absolute Gasteiger partial charge is 0.463 e. The summed E-state index contributed by atoms with van der Waals surface area (Å²) in [6, 6.07) is 7.82. The smallest absolute Gasteiger partial charge is 0.307 e. The summed E-state index contributed by atoms with van der Waals surface area (Å²) in [4.78, 5) is 24.1. The molecule has 0 unspecified atom stereocenters. The van der Waals surface area contributed by atoms with Crippen LogP contribution in [0, 0.1) is 11.6 Å². The van der Waals surface area contributed by atoms with Crippen LogP contribution in [0.5, 0.6) is 0 Å². The molecule has 0 saturated heterocycles. The lowest BCUT2D eigenvalue weighted by Gasteiger charge is -2.10. The predicted octanol–water partition coefficient (Wildman–Crippen LogP) is 3.49. The van der Waals surface area contributed by atoms with Gasteiger partial charge in [-0.15, -0.1) is 0 Å². The number of aromatic nitrogens is 3. The molecule has 0 aliphatic heterocycles. The fourth-order valence-corrected chi connectivity index (χ4v) is 2.79. The van der Waals surface area contributed by atoms with Crippen molar-refractivity contribution in [3.05, 3.63) is 77.6 Å². The Morgan fingerprint density at radius 3 is 2.76 bits per heavy atom. The van der Waals surface area contributed by atoms with E-state index in [0.717, 1.165) is 6.20 Å². The van der Waals surface area contributed by atoms with Crippen molar-refractivity contribution in [2.45, 2.75) is 32.9 Å². The van der Waals surface area contributed by atoms with Crippen LogP contribution in [0.3, 0.4) is 0 Å². The van der Waals surface area contributed by atoms with Gasteiger partial charge in [-0.25, -0.2) is 18.7 Å². The van der Waals surface area contributed by atoms with Crippen molar-refractivity contribution in [3.8, 4) is 0 Å². The Kier molecular flexibility index (Phi) is 8.38. The maximum atomic E-state index is 14.2. The molecule has 0 radical (unpaired) electrons. The number of hydrogen-bond donors (Lipinski definition) is 2. The van der Waals surface area contributed by atoms with Gasteiger partial charge in [0.2, 0.25) is 0 Å². The average Bonchev–Trinajstić information content (AvgIpc) is 3.33. The molecule has 0 saturated carbocycles. The molecule has 11 heteroatoms. The first-order valence-electron chi connectivity index (χ1n) is 10.5. The molecule has 0 atom stereocenters. The van der Waals surface area contributed by atoms with E-state index in [1.165, 1.54) is 18.4 Å². The SMILES string of the molecule is CC(C)OC(=O)CCNc1nc(C(N)=CC(=NCc2ccccc2F)c2ccon2)ncc1F. The van der Waals surface area contributed by atoms with Crippen LogP contribution in [-0.4, -0.2) is 39.5 Å². The van der Waals surface area contributed by atoms with Gasteiger partial charge in [-0.2, -0.15) is 0 Å². The van der Waals surface area contributed by atoms with Gasteiger partial charge in [-0.1, -0.05) is 23.4 Å². The Labute approximate surface area is 194 Å². The van der Waals surface area contributed by atoms with Crippen LogP contribution in [0.15, 0.2) is 58.4 Å². The molecular formula is C23H24F2N6O3. The van der Waals surface area contributed by atoms with Gasteiger partial charge in [0, 0.05) is 18.2 Å². The van der Waals surface area contributed by atoms with Crippen LogP contribution in [0.4, 0.5) is 14.6 Å². The minimum Gasteiger partial charge on any atom is -0.463 e. The quantitative estimate of drug-likeness (QED) is 0.340. The van der Waals surface area contributed by atoms with E-state index in [-0.39, 0.29) is 43.0 Å². The minimum atomic E-state index is -0.710. The number of allylic oxidation sites excluding steroid dienone is 1. The van der Waals surface area contributed by atoms with Gasteiger partial charge in [-0.05, 0) is 26.0 Å². The molecule has 178 valence electrons. The number of ether oxygens (including phenoxy) is 1. The third-order valence-electron chi connectivity index (χ3n) is 4.36. The summed E-state index contributed by atoms with van der Waals surface area (Å²) in [6.07, 6.45) is 3.55. The first-order chi connectivity index (χ1) is 16.3. The molecule has 0 bridgehead atoms. The van der Waals surface area contributed by atoms with Gasteiger partial charge in [-0.3, -0.25) is 9.79 Å². The molecule has 3 rings (SSSR count). The van der Waals surface area contributed by atoms with Gasteiger partial charge >= 0.3 is 5.97 Å². The van der Waals surface area contributed by atoms with E-state index in [9.17, 15) is 13.6 Å². The number of carbonyl (C=O) groups excluding carboxylic acids is 1. The molecular weight excluding hydrogens is 446 g/mol. The summed E-state index contributed by atoms with van der Waals surface area (Å²) < 4.78 is 38.0. The molecule has 0 aliphatic rings. The highest BCUT2D eigenvalue weighted by molar-refractivity contribution is 6.10. The van der Waals surface area contributed by atoms with Crippen LogP contribution in [0.1, 0.15) is 37.4 Å². The second kappa shape index (κ2) is 11.6. The summed E-state index contributed by atoms with van der Waals surface area (Å²) in [5.41, 5.74) is 7.27. The zero-order chi connectivity index (χ0) is 24.5. The van der Waals surface area contributed by atoms with E-state index in [1.54, 1.807) is 38.1 Å². The summed E-state index contributed by atoms with van der Waals surface area (Å²) in [5, 5.41) is 6.59. The lowest BCUT2D eigenvalue weighted by atomic mass is 10.2. The lowest BCUT2D eigenvalue weighted by Crippen LogP contribution is -2.17. The Hall–Kier alpha value is -4.15. The van der Waals surface area contributed by atoms with E-state index >= 15 is 0 Å². The van der Waals surface area contributed by atoms with Gasteiger partial charge in [0.1, 0.15) is 17.8 Å². The molecule has 2 heterocycles. The lowest BCUT2D eigenvalue weighted by molar-refractivity contribution is -0.147. The number of hydrogen-bond acceptors (Lipinski definition) is 9. The molecule has 0 spiro atoms. The van der Waals surface area contributed by atoms with E-state index in [2.05, 4.69) is 25.4 Å². The van der Waals surface area contributed by atoms with Crippen molar-refractivity contribution in [1.82, 2.24) is 15.1 Å². The molecule has 34 heavy (non-hydrogen) atoms. The van der Waals surface area contributed by atoms with Gasteiger partial charge in [0.25, 0.3) is 0 Å². The van der Waals surface area contributed by atoms with E-state index < -0.39 is 17.6 Å². The molecule has 0 fully saturated rings. The third kappa shape index (κ3) is 6.92. The summed E-state index contributed by atoms with van der Waals surface area (Å²) >= 11 is 0. The van der Waals surface area contributed by atoms with Gasteiger partial charge in [0.15, 0.2) is 17.5 Å². The monoisotopic (exact) mass is 470 g/mol. The topological polar surface area (TPSA) is 129 Å². The summed E-state index contributed by atoms with van der Waals surface area (Å²) in [5.74, 6) is -1.61. The molecule has 3 aromatic rings. The zero-order valence-corrected chi connectivity index (χ0v) is 18.7. The van der Waals surface area contributed by atoms with E-state index in [4.69, 9.17) is 15.0 Å². The van der Waals surface area contributed by atoms with Crippen LogP contribution in [0.25, 0.3) is 5.70 Å². The Morgan fingerprint density at radius 1 is 1.26 bits per heavy atom. The van der Waals surface area contributed by atoms with Crippen molar-refractivity contribution in [2.75, 3.05) is 11.9 Å². The van der Waals surface area contributed by atoms with Crippen molar-refractivity contribution in [3.63, 3.8) is 0 Å². The third-order valence-corrected chi connectivity index (χ3v) is 4.36. The standard InChI is InChI=1S/C23H24F2N6O3/c1-14(2)34-21(32)7-9-27-22-17(25)13-29-23(30-22)18(26)11-20(19-8-10-33-31-19)28-12-15-5-3-4-6-16(15)24/h3-6,8,10-11,13-14H,7,9,12,26H2,1-2H3,(H,27,29,30). The number of rotatable bonds is 10. The fourth-order valence-electron chi connectivity index (χ4n) is 2.79. The molecule has 1 aromatic carbocycles. The fraction of sp³-hybridized carbons (Fsp3) is 0.261. The number of halogens is 2. The second-order valence-corrected chi connectivity index (χ2v) is 7.38. The number of anilines is 1. The number of nitrogens with zero attached hydrogens (tertiary/aromatic N) is 4. The average molecular weight is 470 g/mol.